The molecule has 1 aliphatic rings. The third-order valence-electron chi connectivity index (χ3n) is 5.55. The topological polar surface area (TPSA) is 87.2 Å². The van der Waals surface area contributed by atoms with E-state index in [1.165, 1.54) is 47.4 Å². The van der Waals surface area contributed by atoms with E-state index < -0.39 is 23.8 Å². The van der Waals surface area contributed by atoms with Crippen molar-refractivity contribution < 1.29 is 24.2 Å². The van der Waals surface area contributed by atoms with Crippen LogP contribution in [0.5, 0.6) is 11.5 Å². The van der Waals surface area contributed by atoms with Crippen LogP contribution in [0.4, 0.5) is 5.69 Å². The number of carbonyl (C=O) groups is 3. The Morgan fingerprint density at radius 3 is 2.32 bits per heavy atom. The molecule has 0 radical (unpaired) electrons. The molecule has 1 aliphatic heterocycles. The lowest BCUT2D eigenvalue weighted by molar-refractivity contribution is -0.122. The second-order valence-electron chi connectivity index (χ2n) is 7.71. The third kappa shape index (κ3) is 4.71. The molecule has 34 heavy (non-hydrogen) atoms. The van der Waals surface area contributed by atoms with Gasteiger partial charge in [-0.15, -0.1) is 0 Å². The number of halogens is 2. The van der Waals surface area contributed by atoms with Crippen molar-refractivity contribution in [2.24, 2.45) is 0 Å². The van der Waals surface area contributed by atoms with Gasteiger partial charge in [-0.3, -0.25) is 14.4 Å². The van der Waals surface area contributed by atoms with E-state index in [1.54, 1.807) is 31.4 Å². The molecule has 0 saturated carbocycles. The fourth-order valence-electron chi connectivity index (χ4n) is 3.78. The maximum atomic E-state index is 13.5. The average Bonchev–Trinajstić information content (AvgIpc) is 3.13. The summed E-state index contributed by atoms with van der Waals surface area (Å²) < 4.78 is 5.19. The highest BCUT2D eigenvalue weighted by Gasteiger charge is 2.44. The van der Waals surface area contributed by atoms with Gasteiger partial charge in [0.25, 0.3) is 11.8 Å². The van der Waals surface area contributed by atoms with Crippen molar-refractivity contribution in [3.05, 3.63) is 87.9 Å². The molecule has 3 aromatic carbocycles. The fourth-order valence-corrected chi connectivity index (χ4v) is 4.08. The number of rotatable bonds is 6. The smallest absolute Gasteiger partial charge is 0.257 e. The molecular weight excluding hydrogens is 479 g/mol. The summed E-state index contributed by atoms with van der Waals surface area (Å²) in [5.74, 6) is -0.778. The van der Waals surface area contributed by atoms with E-state index in [9.17, 15) is 19.5 Å². The van der Waals surface area contributed by atoms with E-state index >= 15 is 0 Å². The molecule has 1 saturated heterocycles. The first kappa shape index (κ1) is 23.6. The first-order valence-corrected chi connectivity index (χ1v) is 11.1. The number of amides is 3. The zero-order valence-corrected chi connectivity index (χ0v) is 19.6. The Kier molecular flexibility index (Phi) is 6.77. The molecule has 174 valence electrons. The summed E-state index contributed by atoms with van der Waals surface area (Å²) in [4.78, 5) is 42.1. The van der Waals surface area contributed by atoms with Crippen LogP contribution >= 0.6 is 23.2 Å². The highest BCUT2D eigenvalue weighted by atomic mass is 35.5. The van der Waals surface area contributed by atoms with E-state index in [1.807, 2.05) is 0 Å². The van der Waals surface area contributed by atoms with Gasteiger partial charge in [0.2, 0.25) is 5.91 Å². The lowest BCUT2D eigenvalue weighted by Crippen LogP contribution is -2.45. The van der Waals surface area contributed by atoms with Crippen molar-refractivity contribution in [3.8, 4) is 11.5 Å². The SMILES string of the molecule is COc1ccc(CN(C(=O)c2ccc(Cl)c(Cl)c2)C2CC(=O)N(c3ccc(O)cc3)C2=O)cc1. The van der Waals surface area contributed by atoms with Gasteiger partial charge < -0.3 is 14.7 Å². The van der Waals surface area contributed by atoms with Crippen molar-refractivity contribution in [2.75, 3.05) is 12.0 Å². The number of methoxy groups -OCH3 is 1. The van der Waals surface area contributed by atoms with Crippen molar-refractivity contribution in [3.63, 3.8) is 0 Å². The van der Waals surface area contributed by atoms with Crippen molar-refractivity contribution in [2.45, 2.75) is 19.0 Å². The minimum atomic E-state index is -1.02. The molecule has 0 bridgehead atoms. The van der Waals surface area contributed by atoms with Crippen LogP contribution in [0, 0.1) is 0 Å². The normalized spacial score (nSPS) is 15.5. The Bertz CT molecular complexity index is 1250. The van der Waals surface area contributed by atoms with Crippen LogP contribution < -0.4 is 9.64 Å². The lowest BCUT2D eigenvalue weighted by Gasteiger charge is -2.28. The predicted molar refractivity (Wildman–Crippen MR) is 128 cm³/mol. The number of hydrogen-bond donors (Lipinski definition) is 1. The first-order chi connectivity index (χ1) is 16.3. The largest absolute Gasteiger partial charge is 0.508 e. The van der Waals surface area contributed by atoms with Crippen molar-refractivity contribution in [1.29, 1.82) is 0 Å². The van der Waals surface area contributed by atoms with Crippen LogP contribution in [0.1, 0.15) is 22.3 Å². The number of ether oxygens (including phenoxy) is 1. The molecule has 3 amide bonds. The third-order valence-corrected chi connectivity index (χ3v) is 6.29. The molecular formula is C25H20Cl2N2O5. The van der Waals surface area contributed by atoms with Gasteiger partial charge in [-0.25, -0.2) is 4.90 Å². The molecule has 0 aliphatic carbocycles. The van der Waals surface area contributed by atoms with E-state index in [0.717, 1.165) is 10.5 Å². The van der Waals surface area contributed by atoms with Crippen LogP contribution in [0.15, 0.2) is 66.7 Å². The average molecular weight is 499 g/mol. The minimum absolute atomic E-state index is 0.00956. The van der Waals surface area contributed by atoms with Gasteiger partial charge in [-0.1, -0.05) is 35.3 Å². The lowest BCUT2D eigenvalue weighted by atomic mass is 10.1. The highest BCUT2D eigenvalue weighted by molar-refractivity contribution is 6.42. The van der Waals surface area contributed by atoms with Crippen LogP contribution in [-0.4, -0.2) is 40.9 Å². The number of carbonyl (C=O) groups excluding carboxylic acids is 3. The second-order valence-corrected chi connectivity index (χ2v) is 8.53. The van der Waals surface area contributed by atoms with Crippen LogP contribution in [-0.2, 0) is 16.1 Å². The summed E-state index contributed by atoms with van der Waals surface area (Å²) in [6, 6.07) is 16.2. The fraction of sp³-hybridized carbons (Fsp3) is 0.160. The summed E-state index contributed by atoms with van der Waals surface area (Å²) in [5, 5.41) is 10.0. The molecule has 0 aromatic heterocycles. The van der Waals surface area contributed by atoms with Crippen molar-refractivity contribution in [1.82, 2.24) is 4.90 Å². The van der Waals surface area contributed by atoms with Crippen LogP contribution in [0.25, 0.3) is 0 Å². The van der Waals surface area contributed by atoms with E-state index in [4.69, 9.17) is 27.9 Å². The van der Waals surface area contributed by atoms with Crippen molar-refractivity contribution >= 4 is 46.6 Å². The Morgan fingerprint density at radius 1 is 1.03 bits per heavy atom. The minimum Gasteiger partial charge on any atom is -0.508 e. The number of anilines is 1. The maximum absolute atomic E-state index is 13.5. The standard InChI is InChI=1S/C25H20Cl2N2O5/c1-34-19-9-2-15(3-10-19)14-28(24(32)16-4-11-20(26)21(27)12-16)22-13-23(31)29(25(22)33)17-5-7-18(30)8-6-17/h2-12,22,30H,13-14H2,1H3. The molecule has 4 rings (SSSR count). The number of imide groups is 1. The zero-order valence-electron chi connectivity index (χ0n) is 18.1. The van der Waals surface area contributed by atoms with Gasteiger partial charge in [-0.05, 0) is 60.2 Å². The molecule has 1 unspecified atom stereocenters. The predicted octanol–water partition coefficient (Wildman–Crippen LogP) is 4.68. The molecule has 1 fully saturated rings. The molecule has 1 heterocycles. The zero-order chi connectivity index (χ0) is 24.4. The number of aromatic hydroxyl groups is 1. The summed E-state index contributed by atoms with van der Waals surface area (Å²) in [5.41, 5.74) is 1.31. The summed E-state index contributed by atoms with van der Waals surface area (Å²) in [6.45, 7) is 0.0795. The molecule has 9 heteroatoms. The van der Waals surface area contributed by atoms with Gasteiger partial charge in [0, 0.05) is 12.1 Å². The molecule has 1 atom stereocenters. The number of phenols is 1. The van der Waals surface area contributed by atoms with Gasteiger partial charge in [-0.2, -0.15) is 0 Å². The molecule has 0 spiro atoms. The highest BCUT2D eigenvalue weighted by Crippen LogP contribution is 2.30. The van der Waals surface area contributed by atoms with Gasteiger partial charge in [0.1, 0.15) is 17.5 Å². The van der Waals surface area contributed by atoms with Gasteiger partial charge >= 0.3 is 0 Å². The number of benzene rings is 3. The van der Waals surface area contributed by atoms with Crippen LogP contribution in [0.2, 0.25) is 10.0 Å². The van der Waals surface area contributed by atoms with Gasteiger partial charge in [0.05, 0.1) is 29.3 Å². The van der Waals surface area contributed by atoms with E-state index in [-0.39, 0.29) is 29.3 Å². The number of hydrogen-bond acceptors (Lipinski definition) is 5. The van der Waals surface area contributed by atoms with Gasteiger partial charge in [0.15, 0.2) is 0 Å². The number of phenolic OH excluding ortho intramolecular Hbond substituents is 1. The summed E-state index contributed by atoms with van der Waals surface area (Å²) in [6.07, 6.45) is -0.178. The van der Waals surface area contributed by atoms with E-state index in [0.29, 0.717) is 16.5 Å². The van der Waals surface area contributed by atoms with Crippen LogP contribution in [0.3, 0.4) is 0 Å². The molecule has 1 N–H and O–H groups in total. The maximum Gasteiger partial charge on any atom is 0.257 e. The summed E-state index contributed by atoms with van der Waals surface area (Å²) >= 11 is 12.1. The quantitative estimate of drug-likeness (QED) is 0.498. The Hall–Kier alpha value is -3.55. The Balaban J connectivity index is 1.69. The Labute approximate surface area is 206 Å². The first-order valence-electron chi connectivity index (χ1n) is 10.3. The molecule has 7 nitrogen and oxygen atoms in total. The Morgan fingerprint density at radius 2 is 1.71 bits per heavy atom. The second kappa shape index (κ2) is 9.75. The molecule has 3 aromatic rings. The summed E-state index contributed by atoms with van der Waals surface area (Å²) in [7, 11) is 1.55. The van der Waals surface area contributed by atoms with E-state index in [2.05, 4.69) is 0 Å². The number of nitrogens with zero attached hydrogens (tertiary/aromatic N) is 2. The monoisotopic (exact) mass is 498 g/mol.